The topological polar surface area (TPSA) is 51.0 Å². The number of thiol groups is 1. The third-order valence-electron chi connectivity index (χ3n) is 1.69. The molecule has 0 radical (unpaired) electrons. The Kier molecular flexibility index (Phi) is 3.75. The van der Waals surface area contributed by atoms with Crippen LogP contribution in [-0.4, -0.2) is 38.2 Å². The van der Waals surface area contributed by atoms with Gasteiger partial charge in [-0.2, -0.15) is 15.0 Å². The van der Waals surface area contributed by atoms with Crippen LogP contribution in [-0.2, 0) is 6.54 Å². The van der Waals surface area contributed by atoms with Crippen LogP contribution in [0.5, 0.6) is 0 Å². The maximum Gasteiger partial charge on any atom is 0.278 e. The van der Waals surface area contributed by atoms with Crippen LogP contribution in [0.2, 0.25) is 0 Å². The predicted molar refractivity (Wildman–Crippen MR) is 51.7 cm³/mol. The summed E-state index contributed by atoms with van der Waals surface area (Å²) in [6.07, 6.45) is 3.22. The van der Waals surface area contributed by atoms with Gasteiger partial charge in [0.15, 0.2) is 0 Å². The van der Waals surface area contributed by atoms with Gasteiger partial charge in [-0.1, -0.05) is 12.6 Å². The molecule has 6 heteroatoms. The van der Waals surface area contributed by atoms with Crippen LogP contribution in [0.1, 0.15) is 6.92 Å². The van der Waals surface area contributed by atoms with E-state index in [9.17, 15) is 4.79 Å². The molecule has 13 heavy (non-hydrogen) atoms. The van der Waals surface area contributed by atoms with Crippen LogP contribution in [0.25, 0.3) is 0 Å². The minimum absolute atomic E-state index is 0.213. The molecule has 1 heterocycles. The molecule has 1 rings (SSSR count). The van der Waals surface area contributed by atoms with Gasteiger partial charge in [0.2, 0.25) is 0 Å². The number of hydrogen-bond acceptors (Lipinski definition) is 3. The monoisotopic (exact) mass is 200 g/mol. The highest BCUT2D eigenvalue weighted by atomic mass is 32.1. The summed E-state index contributed by atoms with van der Waals surface area (Å²) >= 11 is 3.74. The molecule has 0 aliphatic rings. The van der Waals surface area contributed by atoms with Crippen molar-refractivity contribution < 1.29 is 4.79 Å². The van der Waals surface area contributed by atoms with Crippen molar-refractivity contribution in [3.63, 3.8) is 0 Å². The molecule has 5 nitrogen and oxygen atoms in total. The summed E-state index contributed by atoms with van der Waals surface area (Å²) in [6, 6.07) is 0. The molecular weight excluding hydrogens is 188 g/mol. The predicted octanol–water partition coefficient (Wildman–Crippen LogP) is 0.650. The Hall–Kier alpha value is -1.04. The lowest BCUT2D eigenvalue weighted by atomic mass is 10.5. The summed E-state index contributed by atoms with van der Waals surface area (Å²) in [5, 5.41) is 7.64. The first kappa shape index (κ1) is 10.0. The zero-order chi connectivity index (χ0) is 9.68. The number of amides is 1. The highest BCUT2D eigenvalue weighted by molar-refractivity contribution is 7.96. The second kappa shape index (κ2) is 4.86. The van der Waals surface area contributed by atoms with Crippen LogP contribution in [0.3, 0.4) is 0 Å². The Balaban J connectivity index is 2.36. The van der Waals surface area contributed by atoms with Crippen LogP contribution in [0.4, 0.5) is 4.79 Å². The van der Waals surface area contributed by atoms with Crippen molar-refractivity contribution in [3.05, 3.63) is 12.4 Å². The van der Waals surface area contributed by atoms with Crippen LogP contribution in [0, 0.1) is 0 Å². The summed E-state index contributed by atoms with van der Waals surface area (Å²) in [4.78, 5) is 14.0. The molecule has 0 aromatic carbocycles. The van der Waals surface area contributed by atoms with E-state index >= 15 is 0 Å². The first-order chi connectivity index (χ1) is 6.24. The lowest BCUT2D eigenvalue weighted by Crippen LogP contribution is -2.30. The van der Waals surface area contributed by atoms with Crippen molar-refractivity contribution in [2.24, 2.45) is 0 Å². The van der Waals surface area contributed by atoms with E-state index in [1.807, 2.05) is 6.92 Å². The van der Waals surface area contributed by atoms with Gasteiger partial charge in [0.05, 0.1) is 18.9 Å². The normalized spacial score (nSPS) is 10.0. The number of aromatic nitrogens is 3. The first-order valence-corrected chi connectivity index (χ1v) is 4.50. The molecule has 72 valence electrons. The highest BCUT2D eigenvalue weighted by Crippen LogP contribution is 1.95. The lowest BCUT2D eigenvalue weighted by molar-refractivity contribution is 0.222. The molecule has 1 aromatic rings. The van der Waals surface area contributed by atoms with Gasteiger partial charge < -0.3 is 4.90 Å². The standard InChI is InChI=1S/C7H12N4OS/c1-2-10(7(12)13)5-6-11-8-3-4-9-11/h3-4H,2,5-6H2,1H3,(H,12,13). The number of carbonyl (C=O) groups is 1. The number of carbonyl (C=O) groups excluding carboxylic acids is 1. The van der Waals surface area contributed by atoms with E-state index in [4.69, 9.17) is 0 Å². The summed E-state index contributed by atoms with van der Waals surface area (Å²) in [6.45, 7) is 3.76. The zero-order valence-electron chi connectivity index (χ0n) is 7.42. The molecule has 0 aliphatic heterocycles. The molecule has 0 saturated carbocycles. The second-order valence-electron chi connectivity index (χ2n) is 2.49. The van der Waals surface area contributed by atoms with E-state index in [0.29, 0.717) is 19.6 Å². The third-order valence-corrected chi connectivity index (χ3v) is 1.97. The number of rotatable bonds is 4. The average molecular weight is 200 g/mol. The molecule has 0 fully saturated rings. The van der Waals surface area contributed by atoms with Crippen LogP contribution >= 0.6 is 12.6 Å². The zero-order valence-corrected chi connectivity index (χ0v) is 8.31. The molecule has 0 spiro atoms. The minimum atomic E-state index is -0.213. The fraction of sp³-hybridized carbons (Fsp3) is 0.571. The Bertz CT molecular complexity index is 261. The fourth-order valence-corrected chi connectivity index (χ4v) is 1.20. The van der Waals surface area contributed by atoms with E-state index < -0.39 is 0 Å². The summed E-state index contributed by atoms with van der Waals surface area (Å²) in [5.74, 6) is 0. The quantitative estimate of drug-likeness (QED) is 0.726. The largest absolute Gasteiger partial charge is 0.332 e. The SMILES string of the molecule is CCN(CCn1nccn1)C(=O)S. The molecule has 0 N–H and O–H groups in total. The van der Waals surface area contributed by atoms with Gasteiger partial charge in [-0.3, -0.25) is 4.79 Å². The van der Waals surface area contributed by atoms with Gasteiger partial charge in [-0.05, 0) is 6.92 Å². The molecule has 0 saturated heterocycles. The van der Waals surface area contributed by atoms with Gasteiger partial charge in [-0.15, -0.1) is 0 Å². The van der Waals surface area contributed by atoms with Crippen LogP contribution in [0.15, 0.2) is 12.4 Å². The van der Waals surface area contributed by atoms with Gasteiger partial charge in [0.1, 0.15) is 0 Å². The molecule has 0 aliphatic carbocycles. The lowest BCUT2D eigenvalue weighted by Gasteiger charge is -2.16. The van der Waals surface area contributed by atoms with Crippen molar-refractivity contribution in [2.45, 2.75) is 13.5 Å². The number of nitrogens with zero attached hydrogens (tertiary/aromatic N) is 4. The maximum atomic E-state index is 10.9. The second-order valence-corrected chi connectivity index (χ2v) is 2.87. The molecule has 1 aromatic heterocycles. The maximum absolute atomic E-state index is 10.9. The van der Waals surface area contributed by atoms with Crippen molar-refractivity contribution in [3.8, 4) is 0 Å². The van der Waals surface area contributed by atoms with Gasteiger partial charge in [-0.25, -0.2) is 0 Å². The van der Waals surface area contributed by atoms with Crippen molar-refractivity contribution >= 4 is 17.9 Å². The first-order valence-electron chi connectivity index (χ1n) is 4.06. The Labute approximate surface area is 82.1 Å². The van der Waals surface area contributed by atoms with Crippen molar-refractivity contribution in [2.75, 3.05) is 13.1 Å². The Morgan fingerprint density at radius 1 is 1.54 bits per heavy atom. The summed E-state index contributed by atoms with van der Waals surface area (Å²) < 4.78 is 0. The van der Waals surface area contributed by atoms with E-state index in [1.54, 1.807) is 22.1 Å². The fourth-order valence-electron chi connectivity index (χ4n) is 0.958. The summed E-state index contributed by atoms with van der Waals surface area (Å²) in [5.41, 5.74) is 0. The van der Waals surface area contributed by atoms with Crippen molar-refractivity contribution in [1.82, 2.24) is 19.9 Å². The van der Waals surface area contributed by atoms with Crippen LogP contribution < -0.4 is 0 Å². The molecular formula is C7H12N4OS. The minimum Gasteiger partial charge on any atom is -0.332 e. The van der Waals surface area contributed by atoms with E-state index in [2.05, 4.69) is 22.8 Å². The third kappa shape index (κ3) is 3.06. The highest BCUT2D eigenvalue weighted by Gasteiger charge is 2.06. The Morgan fingerprint density at radius 3 is 2.62 bits per heavy atom. The summed E-state index contributed by atoms with van der Waals surface area (Å²) in [7, 11) is 0. The van der Waals surface area contributed by atoms with Crippen molar-refractivity contribution in [1.29, 1.82) is 0 Å². The van der Waals surface area contributed by atoms with E-state index in [1.165, 1.54) is 0 Å². The van der Waals surface area contributed by atoms with Gasteiger partial charge >= 0.3 is 0 Å². The Morgan fingerprint density at radius 2 is 2.15 bits per heavy atom. The average Bonchev–Trinajstić information content (AvgIpc) is 2.57. The van der Waals surface area contributed by atoms with Gasteiger partial charge in [0.25, 0.3) is 5.24 Å². The molecule has 0 unspecified atom stereocenters. The number of hydrogen-bond donors (Lipinski definition) is 1. The number of likely N-dealkylation sites (N-methyl/N-ethyl adjacent to an activating group) is 1. The smallest absolute Gasteiger partial charge is 0.278 e. The molecule has 1 amide bonds. The van der Waals surface area contributed by atoms with Gasteiger partial charge in [0, 0.05) is 13.1 Å². The van der Waals surface area contributed by atoms with E-state index in [0.717, 1.165) is 0 Å². The molecule has 0 atom stereocenters. The van der Waals surface area contributed by atoms with E-state index in [-0.39, 0.29) is 5.24 Å². The molecule has 0 bridgehead atoms.